The summed E-state index contributed by atoms with van der Waals surface area (Å²) in [6.45, 7) is 0.973. The molecule has 27 heavy (non-hydrogen) atoms. The van der Waals surface area contributed by atoms with Gasteiger partial charge in [0.25, 0.3) is 17.7 Å². The Labute approximate surface area is 158 Å². The maximum atomic E-state index is 12.7. The van der Waals surface area contributed by atoms with Crippen molar-refractivity contribution >= 4 is 17.7 Å². The Morgan fingerprint density at radius 2 is 1.78 bits per heavy atom. The van der Waals surface area contributed by atoms with E-state index in [9.17, 15) is 14.4 Å². The third-order valence-corrected chi connectivity index (χ3v) is 6.20. The summed E-state index contributed by atoms with van der Waals surface area (Å²) in [4.78, 5) is 39.3. The van der Waals surface area contributed by atoms with E-state index in [1.54, 1.807) is 18.2 Å². The molecule has 6 heteroatoms. The summed E-state index contributed by atoms with van der Waals surface area (Å²) < 4.78 is 5.56. The number of benzene rings is 1. The number of ether oxygens (including phenoxy) is 1. The highest BCUT2D eigenvalue weighted by Gasteiger charge is 2.43. The van der Waals surface area contributed by atoms with Crippen LogP contribution >= 0.6 is 0 Å². The number of hydrogen-bond donors (Lipinski definition) is 1. The van der Waals surface area contributed by atoms with E-state index in [0.29, 0.717) is 41.7 Å². The molecule has 2 aliphatic carbocycles. The first kappa shape index (κ1) is 16.9. The quantitative estimate of drug-likeness (QED) is 0.782. The van der Waals surface area contributed by atoms with Gasteiger partial charge in [0.05, 0.1) is 23.8 Å². The van der Waals surface area contributed by atoms with Gasteiger partial charge >= 0.3 is 0 Å². The zero-order chi connectivity index (χ0) is 18.5. The number of carbonyl (C=O) groups excluding carboxylic acids is 3. The molecule has 0 spiro atoms. The van der Waals surface area contributed by atoms with Crippen LogP contribution in [0, 0.1) is 11.8 Å². The fourth-order valence-electron chi connectivity index (χ4n) is 4.36. The summed E-state index contributed by atoms with van der Waals surface area (Å²) in [6, 6.07) is 5.12. The number of imide groups is 1. The first-order valence-corrected chi connectivity index (χ1v) is 10.0. The van der Waals surface area contributed by atoms with E-state index in [1.807, 2.05) is 0 Å². The van der Waals surface area contributed by atoms with E-state index in [4.69, 9.17) is 4.74 Å². The van der Waals surface area contributed by atoms with Crippen molar-refractivity contribution in [1.29, 1.82) is 0 Å². The highest BCUT2D eigenvalue weighted by molar-refractivity contribution is 6.22. The average Bonchev–Trinajstić information content (AvgIpc) is 3.61. The van der Waals surface area contributed by atoms with Crippen LogP contribution in [-0.2, 0) is 4.74 Å². The third kappa shape index (κ3) is 3.16. The highest BCUT2D eigenvalue weighted by Crippen LogP contribution is 2.44. The molecule has 5 rings (SSSR count). The lowest BCUT2D eigenvalue weighted by Crippen LogP contribution is -2.38. The number of amides is 3. The predicted octanol–water partition coefficient (Wildman–Crippen LogP) is 2.38. The second-order valence-corrected chi connectivity index (χ2v) is 8.29. The molecule has 0 radical (unpaired) electrons. The summed E-state index contributed by atoms with van der Waals surface area (Å²) in [5, 5.41) is 3.18. The molecule has 0 bridgehead atoms. The Hall–Kier alpha value is -2.21. The standard InChI is InChI=1S/C21H24N2O4/c24-19(22-18(12-3-4-12)13-5-6-13)14-7-8-16-17(10-14)21(26)23(20(16)25)11-15-2-1-9-27-15/h7-8,10,12-13,15,18H,1-6,9,11H2,(H,22,24)/t15-/m0/s1. The molecular formula is C21H24N2O4. The van der Waals surface area contributed by atoms with Crippen LogP contribution in [-0.4, -0.2) is 47.9 Å². The molecule has 3 amide bonds. The predicted molar refractivity (Wildman–Crippen MR) is 97.5 cm³/mol. The number of nitrogens with one attached hydrogen (secondary N) is 1. The summed E-state index contributed by atoms with van der Waals surface area (Å²) in [6.07, 6.45) is 6.51. The van der Waals surface area contributed by atoms with E-state index in [2.05, 4.69) is 5.32 Å². The second-order valence-electron chi connectivity index (χ2n) is 8.29. The van der Waals surface area contributed by atoms with Crippen molar-refractivity contribution in [3.63, 3.8) is 0 Å². The van der Waals surface area contributed by atoms with Gasteiger partial charge in [-0.05, 0) is 68.6 Å². The SMILES string of the molecule is O=C(NC(C1CC1)C1CC1)c1ccc2c(c1)C(=O)N(C[C@@H]1CCCO1)C2=O. The van der Waals surface area contributed by atoms with E-state index in [1.165, 1.54) is 30.6 Å². The minimum absolute atomic E-state index is 0.0761. The minimum atomic E-state index is -0.318. The van der Waals surface area contributed by atoms with Crippen molar-refractivity contribution in [3.8, 4) is 0 Å². The van der Waals surface area contributed by atoms with Crippen molar-refractivity contribution in [3.05, 3.63) is 34.9 Å². The molecule has 0 unspecified atom stereocenters. The Kier molecular flexibility index (Phi) is 4.04. The summed E-state index contributed by atoms with van der Waals surface area (Å²) in [7, 11) is 0. The van der Waals surface area contributed by atoms with Gasteiger partial charge in [0.1, 0.15) is 0 Å². The van der Waals surface area contributed by atoms with Crippen LogP contribution in [0.5, 0.6) is 0 Å². The zero-order valence-corrected chi connectivity index (χ0v) is 15.3. The molecule has 2 aliphatic heterocycles. The molecule has 1 aromatic rings. The minimum Gasteiger partial charge on any atom is -0.376 e. The van der Waals surface area contributed by atoms with Crippen LogP contribution in [0.25, 0.3) is 0 Å². The smallest absolute Gasteiger partial charge is 0.261 e. The van der Waals surface area contributed by atoms with Crippen LogP contribution in [0.15, 0.2) is 18.2 Å². The molecule has 1 saturated heterocycles. The van der Waals surface area contributed by atoms with E-state index < -0.39 is 0 Å². The lowest BCUT2D eigenvalue weighted by atomic mass is 10.0. The Morgan fingerprint density at radius 1 is 1.07 bits per heavy atom. The topological polar surface area (TPSA) is 75.7 Å². The number of carbonyl (C=O) groups is 3. The number of hydrogen-bond acceptors (Lipinski definition) is 4. The van der Waals surface area contributed by atoms with Crippen LogP contribution in [0.1, 0.15) is 69.6 Å². The molecule has 2 saturated carbocycles. The molecule has 2 heterocycles. The first-order chi connectivity index (χ1) is 13.1. The molecule has 6 nitrogen and oxygen atoms in total. The van der Waals surface area contributed by atoms with Crippen molar-refractivity contribution < 1.29 is 19.1 Å². The molecule has 4 aliphatic rings. The molecular weight excluding hydrogens is 344 g/mol. The van der Waals surface area contributed by atoms with Gasteiger partial charge < -0.3 is 10.1 Å². The molecule has 0 aromatic heterocycles. The monoisotopic (exact) mass is 368 g/mol. The number of rotatable bonds is 6. The van der Waals surface area contributed by atoms with Crippen LogP contribution < -0.4 is 5.32 Å². The molecule has 1 aromatic carbocycles. The maximum absolute atomic E-state index is 12.7. The summed E-state index contributed by atoms with van der Waals surface area (Å²) in [5.41, 5.74) is 1.18. The summed E-state index contributed by atoms with van der Waals surface area (Å²) in [5.74, 6) is 0.480. The van der Waals surface area contributed by atoms with Gasteiger partial charge in [-0.3, -0.25) is 19.3 Å². The van der Waals surface area contributed by atoms with Gasteiger partial charge in [0.15, 0.2) is 0 Å². The van der Waals surface area contributed by atoms with Gasteiger partial charge in [-0.2, -0.15) is 0 Å². The van der Waals surface area contributed by atoms with Gasteiger partial charge in [0.2, 0.25) is 0 Å². The lowest BCUT2D eigenvalue weighted by Gasteiger charge is -2.18. The maximum Gasteiger partial charge on any atom is 0.261 e. The lowest BCUT2D eigenvalue weighted by molar-refractivity contribution is 0.0475. The molecule has 3 fully saturated rings. The third-order valence-electron chi connectivity index (χ3n) is 6.20. The van der Waals surface area contributed by atoms with Gasteiger partial charge in [-0.1, -0.05) is 0 Å². The Bertz CT molecular complexity index is 794. The van der Waals surface area contributed by atoms with E-state index >= 15 is 0 Å². The Balaban J connectivity index is 1.33. The van der Waals surface area contributed by atoms with Gasteiger partial charge in [0, 0.05) is 18.2 Å². The molecule has 142 valence electrons. The fourth-order valence-corrected chi connectivity index (χ4v) is 4.36. The molecule has 1 atom stereocenters. The largest absolute Gasteiger partial charge is 0.376 e. The normalized spacial score (nSPS) is 24.6. The highest BCUT2D eigenvalue weighted by atomic mass is 16.5. The Morgan fingerprint density at radius 3 is 2.41 bits per heavy atom. The van der Waals surface area contributed by atoms with Crippen LogP contribution in [0.4, 0.5) is 0 Å². The average molecular weight is 368 g/mol. The molecule has 1 N–H and O–H groups in total. The van der Waals surface area contributed by atoms with Crippen molar-refractivity contribution in [2.24, 2.45) is 11.8 Å². The summed E-state index contributed by atoms with van der Waals surface area (Å²) >= 11 is 0. The van der Waals surface area contributed by atoms with Crippen LogP contribution in [0.2, 0.25) is 0 Å². The van der Waals surface area contributed by atoms with E-state index in [-0.39, 0.29) is 29.9 Å². The number of nitrogens with zero attached hydrogens (tertiary/aromatic N) is 1. The van der Waals surface area contributed by atoms with Gasteiger partial charge in [-0.25, -0.2) is 0 Å². The fraction of sp³-hybridized carbons (Fsp3) is 0.571. The first-order valence-electron chi connectivity index (χ1n) is 10.0. The van der Waals surface area contributed by atoms with E-state index in [0.717, 1.165) is 12.8 Å². The van der Waals surface area contributed by atoms with Gasteiger partial charge in [-0.15, -0.1) is 0 Å². The number of fused-ring (bicyclic) bond motifs is 1. The zero-order valence-electron chi connectivity index (χ0n) is 15.3. The van der Waals surface area contributed by atoms with Crippen molar-refractivity contribution in [2.45, 2.75) is 50.7 Å². The van der Waals surface area contributed by atoms with Crippen molar-refractivity contribution in [1.82, 2.24) is 10.2 Å². The van der Waals surface area contributed by atoms with Crippen molar-refractivity contribution in [2.75, 3.05) is 13.2 Å². The second kappa shape index (κ2) is 6.44. The van der Waals surface area contributed by atoms with Crippen LogP contribution in [0.3, 0.4) is 0 Å².